The normalized spacial score (nSPS) is 17.1. The smallest absolute Gasteiger partial charge is 0.232 e. The number of nitrogens with zero attached hydrogens (tertiary/aromatic N) is 2. The quantitative estimate of drug-likeness (QED) is 0.587. The second-order valence-electron chi connectivity index (χ2n) is 5.92. The van der Waals surface area contributed by atoms with Gasteiger partial charge in [0.2, 0.25) is 10.0 Å². The number of carbonyl (C=O) groups excluding carboxylic acids is 1. The number of anilines is 1. The van der Waals surface area contributed by atoms with Gasteiger partial charge in [-0.15, -0.1) is 11.3 Å². The van der Waals surface area contributed by atoms with E-state index in [1.165, 1.54) is 33.7 Å². The van der Waals surface area contributed by atoms with Gasteiger partial charge in [-0.2, -0.15) is 0 Å². The number of sulfonamides is 1. The zero-order valence-corrected chi connectivity index (χ0v) is 16.1. The molecule has 5 nitrogen and oxygen atoms in total. The zero-order valence-electron chi connectivity index (χ0n) is 13.6. The molecule has 0 aliphatic carbocycles. The van der Waals surface area contributed by atoms with Gasteiger partial charge in [0.05, 0.1) is 17.7 Å². The highest BCUT2D eigenvalue weighted by Crippen LogP contribution is 2.35. The number of hydrogen-bond donors (Lipinski definition) is 0. The number of benzene rings is 1. The fourth-order valence-electron chi connectivity index (χ4n) is 2.89. The van der Waals surface area contributed by atoms with Gasteiger partial charge in [0, 0.05) is 22.7 Å². The van der Waals surface area contributed by atoms with Crippen molar-refractivity contribution in [2.45, 2.75) is 30.6 Å². The van der Waals surface area contributed by atoms with Crippen molar-refractivity contribution in [1.82, 2.24) is 4.98 Å². The molecule has 0 saturated carbocycles. The van der Waals surface area contributed by atoms with Gasteiger partial charge in [-0.25, -0.2) is 13.4 Å². The Balaban J connectivity index is 1.77. The van der Waals surface area contributed by atoms with E-state index in [4.69, 9.17) is 0 Å². The van der Waals surface area contributed by atoms with E-state index in [9.17, 15) is 13.2 Å². The Hall–Kier alpha value is -1.38. The van der Waals surface area contributed by atoms with Crippen molar-refractivity contribution in [1.29, 1.82) is 0 Å². The SMILES string of the molecule is Cc1csc(SCC(=O)c2ccc3c(c2)C[C@@H](C)N3S(C)(=O)=O)n1. The summed E-state index contributed by atoms with van der Waals surface area (Å²) < 4.78 is 26.2. The van der Waals surface area contributed by atoms with E-state index in [1.54, 1.807) is 12.1 Å². The molecule has 0 N–H and O–H groups in total. The predicted molar refractivity (Wildman–Crippen MR) is 98.8 cm³/mol. The number of aromatic nitrogens is 1. The molecule has 1 aromatic carbocycles. The molecule has 128 valence electrons. The number of fused-ring (bicyclic) bond motifs is 1. The molecule has 0 bridgehead atoms. The lowest BCUT2D eigenvalue weighted by Gasteiger charge is -2.21. The molecule has 8 heteroatoms. The first-order valence-corrected chi connectivity index (χ1v) is 11.2. The van der Waals surface area contributed by atoms with Crippen molar-refractivity contribution in [3.05, 3.63) is 40.4 Å². The van der Waals surface area contributed by atoms with E-state index in [2.05, 4.69) is 4.98 Å². The van der Waals surface area contributed by atoms with E-state index in [0.717, 1.165) is 15.6 Å². The number of thioether (sulfide) groups is 1. The second kappa shape index (κ2) is 6.50. The van der Waals surface area contributed by atoms with Crippen molar-refractivity contribution in [3.8, 4) is 0 Å². The van der Waals surface area contributed by atoms with Crippen LogP contribution >= 0.6 is 23.1 Å². The van der Waals surface area contributed by atoms with Crippen LogP contribution in [0.15, 0.2) is 27.9 Å². The van der Waals surface area contributed by atoms with E-state index in [1.807, 2.05) is 25.3 Å². The summed E-state index contributed by atoms with van der Waals surface area (Å²) in [4.78, 5) is 16.7. The van der Waals surface area contributed by atoms with E-state index in [-0.39, 0.29) is 11.8 Å². The van der Waals surface area contributed by atoms with Gasteiger partial charge in [-0.05, 0) is 44.0 Å². The van der Waals surface area contributed by atoms with Gasteiger partial charge in [0.1, 0.15) is 0 Å². The van der Waals surface area contributed by atoms with Crippen LogP contribution < -0.4 is 4.31 Å². The third-order valence-corrected chi connectivity index (χ3v) is 7.25. The number of Topliss-reactive ketones (excluding diaryl/α,β-unsaturated/α-hetero) is 1. The summed E-state index contributed by atoms with van der Waals surface area (Å²) >= 11 is 2.97. The summed E-state index contributed by atoms with van der Waals surface area (Å²) in [5.41, 5.74) is 3.18. The molecule has 0 spiro atoms. The van der Waals surface area contributed by atoms with Gasteiger partial charge < -0.3 is 0 Å². The summed E-state index contributed by atoms with van der Waals surface area (Å²) in [6, 6.07) is 5.16. The van der Waals surface area contributed by atoms with E-state index in [0.29, 0.717) is 23.4 Å². The maximum Gasteiger partial charge on any atom is 0.232 e. The minimum Gasteiger partial charge on any atom is -0.293 e. The zero-order chi connectivity index (χ0) is 17.5. The molecule has 1 aliphatic heterocycles. The molecule has 2 aromatic rings. The Labute approximate surface area is 150 Å². The molecule has 1 aliphatic rings. The van der Waals surface area contributed by atoms with Crippen LogP contribution in [0.4, 0.5) is 5.69 Å². The first kappa shape index (κ1) is 17.4. The molecule has 3 rings (SSSR count). The average molecular weight is 383 g/mol. The molecule has 0 radical (unpaired) electrons. The number of thiazole rings is 1. The lowest BCUT2D eigenvalue weighted by Crippen LogP contribution is -2.34. The summed E-state index contributed by atoms with van der Waals surface area (Å²) in [5.74, 6) is 0.359. The van der Waals surface area contributed by atoms with Gasteiger partial charge >= 0.3 is 0 Å². The monoisotopic (exact) mass is 382 g/mol. The highest BCUT2D eigenvalue weighted by Gasteiger charge is 2.32. The van der Waals surface area contributed by atoms with Crippen molar-refractivity contribution in [2.75, 3.05) is 16.3 Å². The van der Waals surface area contributed by atoms with Crippen LogP contribution in [0.3, 0.4) is 0 Å². The highest BCUT2D eigenvalue weighted by molar-refractivity contribution is 8.01. The van der Waals surface area contributed by atoms with Crippen molar-refractivity contribution in [2.24, 2.45) is 0 Å². The predicted octanol–water partition coefficient (Wildman–Crippen LogP) is 3.14. The van der Waals surface area contributed by atoms with Crippen molar-refractivity contribution in [3.63, 3.8) is 0 Å². The molecule has 0 unspecified atom stereocenters. The molecule has 24 heavy (non-hydrogen) atoms. The van der Waals surface area contributed by atoms with E-state index < -0.39 is 10.0 Å². The topological polar surface area (TPSA) is 67.3 Å². The highest BCUT2D eigenvalue weighted by atomic mass is 32.2. The van der Waals surface area contributed by atoms with Crippen LogP contribution in [0, 0.1) is 6.92 Å². The van der Waals surface area contributed by atoms with Crippen LogP contribution in [-0.2, 0) is 16.4 Å². The number of aryl methyl sites for hydroxylation is 1. The molecular weight excluding hydrogens is 364 g/mol. The van der Waals surface area contributed by atoms with Crippen molar-refractivity contribution >= 4 is 44.6 Å². The fourth-order valence-corrected chi connectivity index (χ4v) is 5.90. The number of rotatable bonds is 5. The Morgan fingerprint density at radius 2 is 2.21 bits per heavy atom. The van der Waals surface area contributed by atoms with Gasteiger partial charge in [-0.3, -0.25) is 9.10 Å². The molecule has 0 saturated heterocycles. The lowest BCUT2D eigenvalue weighted by atomic mass is 10.0. The van der Waals surface area contributed by atoms with Crippen LogP contribution in [0.25, 0.3) is 0 Å². The minimum absolute atomic E-state index is 0.0288. The van der Waals surface area contributed by atoms with Gasteiger partial charge in [0.25, 0.3) is 0 Å². The lowest BCUT2D eigenvalue weighted by molar-refractivity contribution is 0.102. The fraction of sp³-hybridized carbons (Fsp3) is 0.375. The molecule has 0 amide bonds. The Kier molecular flexibility index (Phi) is 4.72. The summed E-state index contributed by atoms with van der Waals surface area (Å²) in [6.45, 7) is 3.81. The van der Waals surface area contributed by atoms with Crippen LogP contribution in [0.1, 0.15) is 28.5 Å². The number of ketones is 1. The van der Waals surface area contributed by atoms with Gasteiger partial charge in [-0.1, -0.05) is 11.8 Å². The number of carbonyl (C=O) groups is 1. The molecular formula is C16H18N2O3S3. The number of hydrogen-bond acceptors (Lipinski definition) is 6. The van der Waals surface area contributed by atoms with Crippen LogP contribution in [0.2, 0.25) is 0 Å². The van der Waals surface area contributed by atoms with Gasteiger partial charge in [0.15, 0.2) is 10.1 Å². The molecule has 0 fully saturated rings. The Morgan fingerprint density at radius 1 is 1.46 bits per heavy atom. The van der Waals surface area contributed by atoms with E-state index >= 15 is 0 Å². The molecule has 1 aromatic heterocycles. The minimum atomic E-state index is -3.30. The largest absolute Gasteiger partial charge is 0.293 e. The Morgan fingerprint density at radius 3 is 2.83 bits per heavy atom. The summed E-state index contributed by atoms with van der Waals surface area (Å²) in [6.07, 6.45) is 1.84. The second-order valence-corrected chi connectivity index (χ2v) is 9.86. The van der Waals surface area contributed by atoms with Crippen LogP contribution in [0.5, 0.6) is 0 Å². The maximum atomic E-state index is 12.4. The first-order chi connectivity index (χ1) is 11.3. The standard InChI is InChI=1S/C16H18N2O3S3/c1-10-8-22-16(17-10)23-9-15(19)12-4-5-14-13(7-12)6-11(2)18(14)24(3,20)21/h4-5,7-8,11H,6,9H2,1-3H3/t11-/m1/s1. The van der Waals surface area contributed by atoms with Crippen molar-refractivity contribution < 1.29 is 13.2 Å². The summed E-state index contributed by atoms with van der Waals surface area (Å²) in [5, 5.41) is 1.96. The molecule has 2 heterocycles. The average Bonchev–Trinajstić information content (AvgIpc) is 3.05. The van der Waals surface area contributed by atoms with Crippen LogP contribution in [-0.4, -0.2) is 37.2 Å². The molecule has 1 atom stereocenters. The maximum absolute atomic E-state index is 12.4. The third kappa shape index (κ3) is 3.50. The first-order valence-electron chi connectivity index (χ1n) is 7.46. The summed E-state index contributed by atoms with van der Waals surface area (Å²) in [7, 11) is -3.30. The third-order valence-electron chi connectivity index (χ3n) is 3.84. The Bertz CT molecular complexity index is 890.